The van der Waals surface area contributed by atoms with Crippen LogP contribution in [0.3, 0.4) is 0 Å². The Morgan fingerprint density at radius 2 is 2.05 bits per heavy atom. The lowest BCUT2D eigenvalue weighted by atomic mass is 10.1. The standard InChI is InChI=1S/C15H21FN2O4/c1-4-18(10-14(19)17-15(20)22-5-2)9-11-8-12(16)6-7-13(11)21-3/h6-8H,4-5,9-10H2,1-3H3,(H,17,19,20). The Labute approximate surface area is 129 Å². The molecule has 0 aliphatic carbocycles. The van der Waals surface area contributed by atoms with Crippen LogP contribution in [0.2, 0.25) is 0 Å². The van der Waals surface area contributed by atoms with E-state index in [1.165, 1.54) is 25.3 Å². The zero-order valence-electron chi connectivity index (χ0n) is 13.0. The van der Waals surface area contributed by atoms with E-state index in [0.717, 1.165) is 0 Å². The number of halogens is 1. The Bertz CT molecular complexity index is 522. The summed E-state index contributed by atoms with van der Waals surface area (Å²) < 4.78 is 23.2. The molecule has 0 atom stereocenters. The first-order valence-corrected chi connectivity index (χ1v) is 7.01. The summed E-state index contributed by atoms with van der Waals surface area (Å²) in [5, 5.41) is 2.12. The van der Waals surface area contributed by atoms with Crippen molar-refractivity contribution in [1.82, 2.24) is 10.2 Å². The fraction of sp³-hybridized carbons (Fsp3) is 0.467. The summed E-state index contributed by atoms with van der Waals surface area (Å²) in [4.78, 5) is 24.7. The summed E-state index contributed by atoms with van der Waals surface area (Å²) in [5.41, 5.74) is 0.633. The van der Waals surface area contributed by atoms with Gasteiger partial charge in [0.25, 0.3) is 0 Å². The lowest BCUT2D eigenvalue weighted by molar-refractivity contribution is -0.121. The average Bonchev–Trinajstić information content (AvgIpc) is 2.46. The molecule has 1 aromatic rings. The number of amides is 2. The molecule has 0 radical (unpaired) electrons. The highest BCUT2D eigenvalue weighted by molar-refractivity contribution is 5.92. The van der Waals surface area contributed by atoms with Gasteiger partial charge in [-0.15, -0.1) is 0 Å². The van der Waals surface area contributed by atoms with Gasteiger partial charge in [0.05, 0.1) is 20.3 Å². The van der Waals surface area contributed by atoms with Crippen LogP contribution < -0.4 is 10.1 Å². The number of nitrogens with zero attached hydrogens (tertiary/aromatic N) is 1. The van der Waals surface area contributed by atoms with E-state index in [2.05, 4.69) is 10.1 Å². The lowest BCUT2D eigenvalue weighted by Gasteiger charge is -2.21. The van der Waals surface area contributed by atoms with E-state index in [9.17, 15) is 14.0 Å². The zero-order chi connectivity index (χ0) is 16.5. The minimum atomic E-state index is -0.771. The van der Waals surface area contributed by atoms with Crippen LogP contribution in [0.5, 0.6) is 5.75 Å². The van der Waals surface area contributed by atoms with Crippen molar-refractivity contribution in [3.63, 3.8) is 0 Å². The first kappa shape index (κ1) is 17.9. The summed E-state index contributed by atoms with van der Waals surface area (Å²) in [5.74, 6) is -0.302. The molecule has 122 valence electrons. The summed E-state index contributed by atoms with van der Waals surface area (Å²) in [7, 11) is 1.50. The van der Waals surface area contributed by atoms with E-state index in [4.69, 9.17) is 4.74 Å². The van der Waals surface area contributed by atoms with Gasteiger partial charge in [0, 0.05) is 12.1 Å². The molecule has 22 heavy (non-hydrogen) atoms. The van der Waals surface area contributed by atoms with Gasteiger partial charge >= 0.3 is 6.09 Å². The highest BCUT2D eigenvalue weighted by Gasteiger charge is 2.15. The molecular weight excluding hydrogens is 291 g/mol. The molecule has 6 nitrogen and oxygen atoms in total. The highest BCUT2D eigenvalue weighted by atomic mass is 19.1. The molecule has 1 aromatic carbocycles. The number of ether oxygens (including phenoxy) is 2. The average molecular weight is 312 g/mol. The summed E-state index contributed by atoms with van der Waals surface area (Å²) in [6.07, 6.45) is -0.771. The maximum Gasteiger partial charge on any atom is 0.413 e. The second kappa shape index (κ2) is 8.99. The lowest BCUT2D eigenvalue weighted by Crippen LogP contribution is -2.40. The summed E-state index contributed by atoms with van der Waals surface area (Å²) in [6.45, 7) is 4.58. The number of rotatable bonds is 7. The molecule has 0 spiro atoms. The molecule has 2 amide bonds. The van der Waals surface area contributed by atoms with Crippen molar-refractivity contribution in [1.29, 1.82) is 0 Å². The van der Waals surface area contributed by atoms with Crippen molar-refractivity contribution in [3.8, 4) is 5.75 Å². The molecule has 7 heteroatoms. The number of imide groups is 1. The van der Waals surface area contributed by atoms with Gasteiger partial charge in [-0.2, -0.15) is 0 Å². The second-order valence-electron chi connectivity index (χ2n) is 4.53. The van der Waals surface area contributed by atoms with Gasteiger partial charge in [-0.25, -0.2) is 9.18 Å². The SMILES string of the molecule is CCOC(=O)NC(=O)CN(CC)Cc1cc(F)ccc1OC. The fourth-order valence-electron chi connectivity index (χ4n) is 1.91. The first-order chi connectivity index (χ1) is 10.5. The van der Waals surface area contributed by atoms with E-state index < -0.39 is 12.0 Å². The topological polar surface area (TPSA) is 67.9 Å². The van der Waals surface area contributed by atoms with Crippen molar-refractivity contribution in [2.24, 2.45) is 0 Å². The number of carbonyl (C=O) groups excluding carboxylic acids is 2. The third-order valence-corrected chi connectivity index (χ3v) is 2.97. The number of nitrogens with one attached hydrogen (secondary N) is 1. The maximum absolute atomic E-state index is 13.3. The predicted molar refractivity (Wildman–Crippen MR) is 79.1 cm³/mol. The molecule has 0 saturated carbocycles. The van der Waals surface area contributed by atoms with Crippen molar-refractivity contribution < 1.29 is 23.5 Å². The number of carbonyl (C=O) groups is 2. The van der Waals surface area contributed by atoms with Crippen LogP contribution in [0.15, 0.2) is 18.2 Å². The van der Waals surface area contributed by atoms with Gasteiger partial charge in [-0.3, -0.25) is 15.0 Å². The quantitative estimate of drug-likeness (QED) is 0.833. The number of hydrogen-bond donors (Lipinski definition) is 1. The van der Waals surface area contributed by atoms with E-state index in [1.807, 2.05) is 6.92 Å². The van der Waals surface area contributed by atoms with E-state index in [0.29, 0.717) is 24.4 Å². The molecule has 0 aliphatic heterocycles. The third kappa shape index (κ3) is 5.69. The highest BCUT2D eigenvalue weighted by Crippen LogP contribution is 2.20. The number of hydrogen-bond acceptors (Lipinski definition) is 5. The summed E-state index contributed by atoms with van der Waals surface area (Å²) in [6, 6.07) is 4.22. The Hall–Kier alpha value is -2.15. The van der Waals surface area contributed by atoms with Crippen molar-refractivity contribution in [3.05, 3.63) is 29.6 Å². The van der Waals surface area contributed by atoms with Crippen LogP contribution in [-0.2, 0) is 16.1 Å². The minimum Gasteiger partial charge on any atom is -0.496 e. The van der Waals surface area contributed by atoms with Gasteiger partial charge in [0.15, 0.2) is 0 Å². The molecule has 0 aliphatic rings. The number of methoxy groups -OCH3 is 1. The number of alkyl carbamates (subject to hydrolysis) is 1. The largest absolute Gasteiger partial charge is 0.496 e. The van der Waals surface area contributed by atoms with Crippen LogP contribution in [0.25, 0.3) is 0 Å². The van der Waals surface area contributed by atoms with Gasteiger partial charge in [0.1, 0.15) is 11.6 Å². The molecule has 0 unspecified atom stereocenters. The molecule has 1 N–H and O–H groups in total. The maximum atomic E-state index is 13.3. The Kier molecular flexibility index (Phi) is 7.31. The molecule has 0 heterocycles. The third-order valence-electron chi connectivity index (χ3n) is 2.97. The van der Waals surface area contributed by atoms with Gasteiger partial charge in [-0.05, 0) is 31.7 Å². The van der Waals surface area contributed by atoms with Crippen LogP contribution in [-0.4, -0.2) is 43.7 Å². The Morgan fingerprint density at radius 1 is 1.32 bits per heavy atom. The van der Waals surface area contributed by atoms with Crippen LogP contribution in [0, 0.1) is 5.82 Å². The van der Waals surface area contributed by atoms with E-state index >= 15 is 0 Å². The fourth-order valence-corrected chi connectivity index (χ4v) is 1.91. The van der Waals surface area contributed by atoms with Crippen LogP contribution >= 0.6 is 0 Å². The Balaban J connectivity index is 2.67. The van der Waals surface area contributed by atoms with Gasteiger partial charge in [0.2, 0.25) is 5.91 Å². The minimum absolute atomic E-state index is 0.00498. The monoisotopic (exact) mass is 312 g/mol. The zero-order valence-corrected chi connectivity index (χ0v) is 13.0. The number of likely N-dealkylation sites (N-methyl/N-ethyl adjacent to an activating group) is 1. The Morgan fingerprint density at radius 3 is 2.64 bits per heavy atom. The first-order valence-electron chi connectivity index (χ1n) is 7.01. The predicted octanol–water partition coefficient (Wildman–Crippen LogP) is 1.93. The van der Waals surface area contributed by atoms with Crippen LogP contribution in [0.4, 0.5) is 9.18 Å². The molecule has 0 bridgehead atoms. The van der Waals surface area contributed by atoms with Gasteiger partial charge in [-0.1, -0.05) is 6.92 Å². The molecule has 0 aromatic heterocycles. The van der Waals surface area contributed by atoms with Gasteiger partial charge < -0.3 is 9.47 Å². The van der Waals surface area contributed by atoms with Crippen LogP contribution in [0.1, 0.15) is 19.4 Å². The molecule has 0 saturated heterocycles. The van der Waals surface area contributed by atoms with E-state index in [-0.39, 0.29) is 19.0 Å². The normalized spacial score (nSPS) is 10.4. The molecular formula is C15H21FN2O4. The molecule has 1 rings (SSSR count). The van der Waals surface area contributed by atoms with Crippen molar-refractivity contribution in [2.75, 3.05) is 26.8 Å². The van der Waals surface area contributed by atoms with Crippen molar-refractivity contribution in [2.45, 2.75) is 20.4 Å². The number of benzene rings is 1. The molecule has 0 fully saturated rings. The smallest absolute Gasteiger partial charge is 0.413 e. The van der Waals surface area contributed by atoms with E-state index in [1.54, 1.807) is 11.8 Å². The second-order valence-corrected chi connectivity index (χ2v) is 4.53. The summed E-state index contributed by atoms with van der Waals surface area (Å²) >= 11 is 0. The van der Waals surface area contributed by atoms with Crippen molar-refractivity contribution >= 4 is 12.0 Å².